The van der Waals surface area contributed by atoms with Crippen molar-refractivity contribution in [3.8, 4) is 0 Å². The molecule has 4 heterocycles. The Morgan fingerprint density at radius 2 is 1.90 bits per heavy atom. The van der Waals surface area contributed by atoms with Crippen molar-refractivity contribution in [2.24, 2.45) is 0 Å². The molecule has 2 aliphatic rings. The Kier molecular flexibility index (Phi) is 5.52. The standard InChI is InChI=1S/C18H17ClF5N5O2/c19-11-5-25-9(4-10(11)18(22,23)24)6-28-17(31)29-14(2-1-3-15(29)26-28)16(30)27-7-12(20)13(21)8-27/h4-5,12-14H,1-3,6-8H2. The Labute approximate surface area is 177 Å². The summed E-state index contributed by atoms with van der Waals surface area (Å²) in [7, 11) is 0. The minimum Gasteiger partial charge on any atom is -0.335 e. The molecule has 1 fully saturated rings. The van der Waals surface area contributed by atoms with Crippen LogP contribution in [-0.2, 0) is 23.9 Å². The van der Waals surface area contributed by atoms with Gasteiger partial charge in [0.05, 0.1) is 35.9 Å². The van der Waals surface area contributed by atoms with Gasteiger partial charge in [-0.2, -0.15) is 18.3 Å². The molecule has 1 saturated heterocycles. The molecule has 3 atom stereocenters. The second kappa shape index (κ2) is 7.88. The summed E-state index contributed by atoms with van der Waals surface area (Å²) in [5.74, 6) is -0.290. The maximum Gasteiger partial charge on any atom is 0.417 e. The van der Waals surface area contributed by atoms with Crippen LogP contribution in [0.2, 0.25) is 5.02 Å². The summed E-state index contributed by atoms with van der Waals surface area (Å²) in [6.45, 7) is -1.13. The van der Waals surface area contributed by atoms with Gasteiger partial charge in [-0.1, -0.05) is 11.6 Å². The number of pyridine rings is 1. The van der Waals surface area contributed by atoms with Gasteiger partial charge in [0.1, 0.15) is 11.9 Å². The van der Waals surface area contributed by atoms with E-state index in [4.69, 9.17) is 11.6 Å². The molecule has 13 heteroatoms. The Balaban J connectivity index is 1.62. The highest BCUT2D eigenvalue weighted by atomic mass is 35.5. The molecule has 0 N–H and O–H groups in total. The van der Waals surface area contributed by atoms with Crippen molar-refractivity contribution in [2.75, 3.05) is 13.1 Å². The van der Waals surface area contributed by atoms with Crippen molar-refractivity contribution in [3.63, 3.8) is 0 Å². The first-order chi connectivity index (χ1) is 14.6. The second-order valence-corrected chi connectivity index (χ2v) is 7.97. The summed E-state index contributed by atoms with van der Waals surface area (Å²) < 4.78 is 68.3. The van der Waals surface area contributed by atoms with E-state index in [9.17, 15) is 31.5 Å². The first-order valence-corrected chi connectivity index (χ1v) is 9.91. The summed E-state index contributed by atoms with van der Waals surface area (Å²) in [5.41, 5.74) is -1.87. The lowest BCUT2D eigenvalue weighted by molar-refractivity contribution is -0.137. The zero-order chi connectivity index (χ0) is 22.5. The van der Waals surface area contributed by atoms with Crippen molar-refractivity contribution in [3.05, 3.63) is 44.9 Å². The van der Waals surface area contributed by atoms with Crippen molar-refractivity contribution in [1.82, 2.24) is 24.2 Å². The molecular weight excluding hydrogens is 449 g/mol. The normalized spacial score (nSPS) is 23.8. The second-order valence-electron chi connectivity index (χ2n) is 7.56. The van der Waals surface area contributed by atoms with E-state index in [1.807, 2.05) is 0 Å². The van der Waals surface area contributed by atoms with E-state index in [-0.39, 0.29) is 31.2 Å². The third kappa shape index (κ3) is 4.04. The highest BCUT2D eigenvalue weighted by Gasteiger charge is 2.40. The van der Waals surface area contributed by atoms with Gasteiger partial charge < -0.3 is 4.90 Å². The molecule has 2 aromatic heterocycles. The van der Waals surface area contributed by atoms with E-state index in [0.717, 1.165) is 26.4 Å². The number of fused-ring (bicyclic) bond motifs is 1. The van der Waals surface area contributed by atoms with Crippen LogP contribution < -0.4 is 5.69 Å². The van der Waals surface area contributed by atoms with Gasteiger partial charge in [0.15, 0.2) is 12.3 Å². The maximum absolute atomic E-state index is 13.5. The van der Waals surface area contributed by atoms with E-state index in [1.54, 1.807) is 0 Å². The number of hydrogen-bond acceptors (Lipinski definition) is 4. The lowest BCUT2D eigenvalue weighted by Gasteiger charge is -2.26. The minimum absolute atomic E-state index is 0.0859. The van der Waals surface area contributed by atoms with Gasteiger partial charge >= 0.3 is 11.9 Å². The Bertz CT molecular complexity index is 1060. The van der Waals surface area contributed by atoms with Gasteiger partial charge in [-0.05, 0) is 18.9 Å². The van der Waals surface area contributed by atoms with E-state index in [2.05, 4.69) is 10.1 Å². The molecule has 7 nitrogen and oxygen atoms in total. The molecule has 2 aliphatic heterocycles. The molecule has 0 radical (unpaired) electrons. The van der Waals surface area contributed by atoms with Crippen LogP contribution in [-0.4, -0.2) is 55.6 Å². The first-order valence-electron chi connectivity index (χ1n) is 9.53. The monoisotopic (exact) mass is 465 g/mol. The Morgan fingerprint density at radius 3 is 2.55 bits per heavy atom. The molecule has 31 heavy (non-hydrogen) atoms. The predicted octanol–water partition coefficient (Wildman–Crippen LogP) is 2.56. The fourth-order valence-electron chi connectivity index (χ4n) is 3.92. The molecular formula is C18H17ClF5N5O2. The average molecular weight is 466 g/mol. The summed E-state index contributed by atoms with van der Waals surface area (Å²) in [4.78, 5) is 30.6. The van der Waals surface area contributed by atoms with Gasteiger partial charge in [-0.15, -0.1) is 0 Å². The number of carbonyl (C=O) groups excluding carboxylic acids is 1. The van der Waals surface area contributed by atoms with E-state index < -0.39 is 46.7 Å². The van der Waals surface area contributed by atoms with Gasteiger partial charge in [-0.25, -0.2) is 18.3 Å². The van der Waals surface area contributed by atoms with Crippen LogP contribution >= 0.6 is 11.6 Å². The van der Waals surface area contributed by atoms with Crippen LogP contribution in [0.4, 0.5) is 22.0 Å². The number of rotatable bonds is 3. The molecule has 1 amide bonds. The fourth-order valence-corrected chi connectivity index (χ4v) is 4.13. The summed E-state index contributed by atoms with van der Waals surface area (Å²) in [5, 5.41) is 3.57. The number of aryl methyl sites for hydroxylation is 1. The maximum atomic E-state index is 13.5. The van der Waals surface area contributed by atoms with Gasteiger partial charge in [0.25, 0.3) is 0 Å². The van der Waals surface area contributed by atoms with Gasteiger partial charge in [0.2, 0.25) is 5.91 Å². The Hall–Kier alpha value is -2.50. The van der Waals surface area contributed by atoms with Crippen LogP contribution in [0.15, 0.2) is 17.1 Å². The molecule has 0 bridgehead atoms. The molecule has 168 valence electrons. The molecule has 0 aromatic carbocycles. The highest BCUT2D eigenvalue weighted by Crippen LogP contribution is 2.34. The molecule has 3 unspecified atom stereocenters. The van der Waals surface area contributed by atoms with Crippen LogP contribution in [0, 0.1) is 0 Å². The number of carbonyl (C=O) groups is 1. The van der Waals surface area contributed by atoms with Crippen LogP contribution in [0.25, 0.3) is 0 Å². The molecule has 0 saturated carbocycles. The van der Waals surface area contributed by atoms with E-state index >= 15 is 0 Å². The molecule has 0 aliphatic carbocycles. The summed E-state index contributed by atoms with van der Waals surface area (Å²) in [6, 6.07) is -0.227. The zero-order valence-corrected chi connectivity index (χ0v) is 16.7. The molecule has 2 aromatic rings. The van der Waals surface area contributed by atoms with Crippen molar-refractivity contribution in [1.29, 1.82) is 0 Å². The number of hydrogen-bond donors (Lipinski definition) is 0. The highest BCUT2D eigenvalue weighted by molar-refractivity contribution is 6.31. The summed E-state index contributed by atoms with van der Waals surface area (Å²) >= 11 is 5.57. The van der Waals surface area contributed by atoms with Crippen LogP contribution in [0.1, 0.15) is 36.0 Å². The number of aromatic nitrogens is 4. The lowest BCUT2D eigenvalue weighted by Crippen LogP contribution is -2.42. The SMILES string of the molecule is O=C(C1CCCc2nn(Cc3cc(C(F)(F)F)c(Cl)cn3)c(=O)n21)N1CC(F)C(F)C1. The zero-order valence-electron chi connectivity index (χ0n) is 15.9. The third-order valence-corrected chi connectivity index (χ3v) is 5.74. The predicted molar refractivity (Wildman–Crippen MR) is 98.2 cm³/mol. The Morgan fingerprint density at radius 1 is 1.23 bits per heavy atom. The molecule has 4 rings (SSSR count). The van der Waals surface area contributed by atoms with Crippen LogP contribution in [0.5, 0.6) is 0 Å². The van der Waals surface area contributed by atoms with Crippen molar-refractivity contribution in [2.45, 2.75) is 50.4 Å². The number of nitrogens with zero attached hydrogens (tertiary/aromatic N) is 5. The smallest absolute Gasteiger partial charge is 0.335 e. The number of alkyl halides is 5. The van der Waals surface area contributed by atoms with Gasteiger partial charge in [-0.3, -0.25) is 14.3 Å². The number of amides is 1. The van der Waals surface area contributed by atoms with E-state index in [0.29, 0.717) is 19.3 Å². The van der Waals surface area contributed by atoms with Gasteiger partial charge in [0, 0.05) is 12.6 Å². The lowest BCUT2D eigenvalue weighted by atomic mass is 10.0. The van der Waals surface area contributed by atoms with E-state index in [1.165, 1.54) is 0 Å². The average Bonchev–Trinajstić information content (AvgIpc) is 3.21. The van der Waals surface area contributed by atoms with Crippen LogP contribution in [0.3, 0.4) is 0 Å². The fraction of sp³-hybridized carbons (Fsp3) is 0.556. The first kappa shape index (κ1) is 21.7. The third-order valence-electron chi connectivity index (χ3n) is 5.44. The largest absolute Gasteiger partial charge is 0.417 e. The number of halogens is 6. The number of likely N-dealkylation sites (tertiary alicyclic amines) is 1. The van der Waals surface area contributed by atoms with Crippen molar-refractivity contribution >= 4 is 17.5 Å². The molecule has 0 spiro atoms. The summed E-state index contributed by atoms with van der Waals surface area (Å²) in [6.07, 6.45) is -6.19. The quantitative estimate of drug-likeness (QED) is 0.653. The minimum atomic E-state index is -4.69. The van der Waals surface area contributed by atoms with Crippen molar-refractivity contribution < 1.29 is 26.7 Å². The topological polar surface area (TPSA) is 73.0 Å².